The number of nitrogens with zero attached hydrogens (tertiary/aromatic N) is 1. The molecule has 6 heteroatoms. The van der Waals surface area contributed by atoms with Crippen LogP contribution >= 0.6 is 0 Å². The second-order valence-electron chi connectivity index (χ2n) is 5.05. The second-order valence-corrected chi connectivity index (χ2v) is 5.05. The van der Waals surface area contributed by atoms with Gasteiger partial charge in [0.25, 0.3) is 0 Å². The van der Waals surface area contributed by atoms with E-state index in [1.54, 1.807) is 4.90 Å². The highest BCUT2D eigenvalue weighted by molar-refractivity contribution is 5.51. The molecule has 1 heterocycles. The quantitative estimate of drug-likeness (QED) is 0.858. The molecule has 1 aromatic rings. The lowest BCUT2D eigenvalue weighted by Gasteiger charge is -2.35. The van der Waals surface area contributed by atoms with Crippen LogP contribution in [0.2, 0.25) is 0 Å². The normalized spacial score (nSPS) is 20.2. The summed E-state index contributed by atoms with van der Waals surface area (Å²) in [7, 11) is 0. The van der Waals surface area contributed by atoms with Crippen molar-refractivity contribution < 1.29 is 17.6 Å². The Morgan fingerprint density at radius 2 is 2.10 bits per heavy atom. The van der Waals surface area contributed by atoms with Crippen LogP contribution < -0.4 is 10.2 Å². The second kappa shape index (κ2) is 5.99. The van der Waals surface area contributed by atoms with Gasteiger partial charge < -0.3 is 10.2 Å². The molecule has 1 aromatic carbocycles. The van der Waals surface area contributed by atoms with E-state index in [2.05, 4.69) is 5.32 Å². The highest BCUT2D eigenvalue weighted by Crippen LogP contribution is 2.33. The van der Waals surface area contributed by atoms with Crippen LogP contribution in [0.15, 0.2) is 18.2 Å². The molecule has 1 atom stereocenters. The molecule has 0 aromatic heterocycles. The Morgan fingerprint density at radius 1 is 1.35 bits per heavy atom. The van der Waals surface area contributed by atoms with Crippen LogP contribution in [0.5, 0.6) is 0 Å². The van der Waals surface area contributed by atoms with Gasteiger partial charge >= 0.3 is 6.18 Å². The summed E-state index contributed by atoms with van der Waals surface area (Å²) in [5.74, 6) is -0.602. The van der Waals surface area contributed by atoms with Gasteiger partial charge in [0, 0.05) is 25.7 Å². The highest BCUT2D eigenvalue weighted by atomic mass is 19.4. The molecule has 0 saturated carbocycles. The van der Waals surface area contributed by atoms with Crippen molar-refractivity contribution in [3.63, 3.8) is 0 Å². The van der Waals surface area contributed by atoms with Crippen LogP contribution in [0, 0.1) is 5.82 Å². The van der Waals surface area contributed by atoms with Gasteiger partial charge in [-0.05, 0) is 24.6 Å². The van der Waals surface area contributed by atoms with E-state index in [9.17, 15) is 17.6 Å². The first-order valence-electron chi connectivity index (χ1n) is 6.77. The smallest absolute Gasteiger partial charge is 0.366 e. The summed E-state index contributed by atoms with van der Waals surface area (Å²) < 4.78 is 52.0. The third-order valence-corrected chi connectivity index (χ3v) is 3.51. The van der Waals surface area contributed by atoms with Gasteiger partial charge in [-0.15, -0.1) is 0 Å². The number of benzene rings is 1. The highest BCUT2D eigenvalue weighted by Gasteiger charge is 2.32. The maximum atomic E-state index is 13.8. The van der Waals surface area contributed by atoms with Crippen molar-refractivity contribution in [2.45, 2.75) is 32.0 Å². The topological polar surface area (TPSA) is 15.3 Å². The molecule has 20 heavy (non-hydrogen) atoms. The zero-order valence-electron chi connectivity index (χ0n) is 11.3. The summed E-state index contributed by atoms with van der Waals surface area (Å²) in [6.45, 7) is 3.75. The summed E-state index contributed by atoms with van der Waals surface area (Å²) in [5, 5.41) is 3.30. The Hall–Kier alpha value is -1.30. The van der Waals surface area contributed by atoms with Crippen LogP contribution in [0.4, 0.5) is 23.2 Å². The first-order chi connectivity index (χ1) is 9.41. The molecule has 0 aliphatic carbocycles. The maximum Gasteiger partial charge on any atom is 0.416 e. The van der Waals surface area contributed by atoms with Crippen molar-refractivity contribution in [1.82, 2.24) is 5.32 Å². The molecule has 0 spiro atoms. The zero-order chi connectivity index (χ0) is 14.8. The van der Waals surface area contributed by atoms with Crippen LogP contribution in [0.1, 0.15) is 25.3 Å². The standard InChI is InChI=1S/C14H18F4N2/c1-2-3-11-9-20(7-6-19-11)13-8-10(14(16,17)18)4-5-12(13)15/h4-5,8,11,19H,2-3,6-7,9H2,1H3. The lowest BCUT2D eigenvalue weighted by molar-refractivity contribution is -0.137. The van der Waals surface area contributed by atoms with Gasteiger partial charge in [0.15, 0.2) is 0 Å². The molecule has 0 bridgehead atoms. The van der Waals surface area contributed by atoms with Crippen molar-refractivity contribution in [1.29, 1.82) is 0 Å². The van der Waals surface area contributed by atoms with Gasteiger partial charge in [0.05, 0.1) is 11.3 Å². The van der Waals surface area contributed by atoms with Crippen molar-refractivity contribution in [2.75, 3.05) is 24.5 Å². The fraction of sp³-hybridized carbons (Fsp3) is 0.571. The third kappa shape index (κ3) is 3.42. The number of hydrogen-bond donors (Lipinski definition) is 1. The fourth-order valence-corrected chi connectivity index (χ4v) is 2.52. The Morgan fingerprint density at radius 3 is 2.75 bits per heavy atom. The molecule has 1 aliphatic rings. The van der Waals surface area contributed by atoms with E-state index in [0.717, 1.165) is 31.0 Å². The van der Waals surface area contributed by atoms with E-state index in [1.807, 2.05) is 6.92 Å². The minimum Gasteiger partial charge on any atom is -0.366 e. The predicted molar refractivity (Wildman–Crippen MR) is 70.3 cm³/mol. The van der Waals surface area contributed by atoms with Crippen LogP contribution in [-0.4, -0.2) is 25.7 Å². The third-order valence-electron chi connectivity index (χ3n) is 3.51. The Labute approximate surface area is 115 Å². The summed E-state index contributed by atoms with van der Waals surface area (Å²) in [4.78, 5) is 1.70. The summed E-state index contributed by atoms with van der Waals surface area (Å²) in [6, 6.07) is 2.78. The van der Waals surface area contributed by atoms with Crippen LogP contribution in [-0.2, 0) is 6.18 Å². The molecule has 0 radical (unpaired) electrons. The van der Waals surface area contributed by atoms with Gasteiger partial charge in [0.1, 0.15) is 5.82 Å². The monoisotopic (exact) mass is 290 g/mol. The molecule has 1 aliphatic heterocycles. The minimum atomic E-state index is -4.45. The molecule has 0 amide bonds. The lowest BCUT2D eigenvalue weighted by atomic mass is 10.1. The maximum absolute atomic E-state index is 13.8. The summed E-state index contributed by atoms with van der Waals surface area (Å²) >= 11 is 0. The van der Waals surface area contributed by atoms with Crippen LogP contribution in [0.3, 0.4) is 0 Å². The Bertz CT molecular complexity index is 457. The number of halogens is 4. The van der Waals surface area contributed by atoms with Crippen molar-refractivity contribution in [3.8, 4) is 0 Å². The number of alkyl halides is 3. The minimum absolute atomic E-state index is 0.0439. The first-order valence-corrected chi connectivity index (χ1v) is 6.77. The summed E-state index contributed by atoms with van der Waals surface area (Å²) in [6.07, 6.45) is -2.53. The van der Waals surface area contributed by atoms with E-state index < -0.39 is 17.6 Å². The molecule has 2 rings (SSSR count). The van der Waals surface area contributed by atoms with Gasteiger partial charge in [-0.3, -0.25) is 0 Å². The molecule has 1 N–H and O–H groups in total. The van der Waals surface area contributed by atoms with Gasteiger partial charge in [-0.2, -0.15) is 13.2 Å². The van der Waals surface area contributed by atoms with E-state index in [0.29, 0.717) is 19.6 Å². The number of hydrogen-bond acceptors (Lipinski definition) is 2. The molecule has 1 saturated heterocycles. The van der Waals surface area contributed by atoms with E-state index in [-0.39, 0.29) is 11.7 Å². The number of rotatable bonds is 3. The van der Waals surface area contributed by atoms with E-state index in [4.69, 9.17) is 0 Å². The van der Waals surface area contributed by atoms with E-state index >= 15 is 0 Å². The van der Waals surface area contributed by atoms with Crippen LogP contribution in [0.25, 0.3) is 0 Å². The largest absolute Gasteiger partial charge is 0.416 e. The van der Waals surface area contributed by atoms with Gasteiger partial charge in [-0.25, -0.2) is 4.39 Å². The van der Waals surface area contributed by atoms with Gasteiger partial charge in [0.2, 0.25) is 0 Å². The SMILES string of the molecule is CCCC1CN(c2cc(C(F)(F)F)ccc2F)CCN1. The number of nitrogens with one attached hydrogen (secondary N) is 1. The summed E-state index contributed by atoms with van der Waals surface area (Å²) in [5.41, 5.74) is -0.762. The molecule has 1 unspecified atom stereocenters. The average molecular weight is 290 g/mol. The number of anilines is 1. The molecule has 1 fully saturated rings. The number of piperazine rings is 1. The molecular formula is C14H18F4N2. The first kappa shape index (κ1) is 15.1. The Kier molecular flexibility index (Phi) is 4.52. The average Bonchev–Trinajstić information content (AvgIpc) is 2.38. The molecular weight excluding hydrogens is 272 g/mol. The van der Waals surface area contributed by atoms with Crippen molar-refractivity contribution in [3.05, 3.63) is 29.6 Å². The van der Waals surface area contributed by atoms with Gasteiger partial charge in [-0.1, -0.05) is 13.3 Å². The molecule has 2 nitrogen and oxygen atoms in total. The molecule has 112 valence electrons. The van der Waals surface area contributed by atoms with Crippen molar-refractivity contribution >= 4 is 5.69 Å². The fourth-order valence-electron chi connectivity index (χ4n) is 2.52. The van der Waals surface area contributed by atoms with E-state index in [1.165, 1.54) is 0 Å². The van der Waals surface area contributed by atoms with Crippen molar-refractivity contribution in [2.24, 2.45) is 0 Å². The lowest BCUT2D eigenvalue weighted by Crippen LogP contribution is -2.51. The zero-order valence-corrected chi connectivity index (χ0v) is 11.3. The Balaban J connectivity index is 2.22. The predicted octanol–water partition coefficient (Wildman–Crippen LogP) is 3.42.